The van der Waals surface area contributed by atoms with Gasteiger partial charge in [-0.15, -0.1) is 0 Å². The van der Waals surface area contributed by atoms with E-state index in [1.165, 1.54) is 12.3 Å². The second-order valence-electron chi connectivity index (χ2n) is 3.42. The number of benzene rings is 1. The average Bonchev–Trinajstić information content (AvgIpc) is 2.30. The Bertz CT molecular complexity index is 594. The van der Waals surface area contributed by atoms with Crippen LogP contribution in [0, 0.1) is 0 Å². The summed E-state index contributed by atoms with van der Waals surface area (Å²) < 4.78 is 22.0. The highest BCUT2D eigenvalue weighted by Gasteiger charge is 2.07. The molecular formula is C11H11N3O2S. The molecule has 0 aliphatic carbocycles. The van der Waals surface area contributed by atoms with E-state index in [1.54, 1.807) is 6.07 Å². The van der Waals surface area contributed by atoms with E-state index in [0.717, 1.165) is 5.69 Å². The second kappa shape index (κ2) is 4.52. The van der Waals surface area contributed by atoms with Crippen molar-refractivity contribution in [2.24, 2.45) is 5.14 Å². The largest absolute Gasteiger partial charge is 0.340 e. The highest BCUT2D eigenvalue weighted by Crippen LogP contribution is 2.14. The quantitative estimate of drug-likeness (QED) is 0.862. The molecule has 0 bridgehead atoms. The number of para-hydroxylation sites is 1. The molecule has 0 fully saturated rings. The lowest BCUT2D eigenvalue weighted by molar-refractivity contribution is 0.597. The molecule has 0 spiro atoms. The zero-order valence-electron chi connectivity index (χ0n) is 8.87. The Morgan fingerprint density at radius 3 is 2.29 bits per heavy atom. The lowest BCUT2D eigenvalue weighted by Gasteiger charge is -2.05. The Balaban J connectivity index is 2.20. The minimum atomic E-state index is -3.68. The van der Waals surface area contributed by atoms with Crippen LogP contribution in [0.5, 0.6) is 0 Å². The minimum absolute atomic E-state index is 0.00360. The summed E-state index contributed by atoms with van der Waals surface area (Å²) in [6.45, 7) is 0. The molecule has 1 heterocycles. The van der Waals surface area contributed by atoms with Crippen molar-refractivity contribution in [3.63, 3.8) is 0 Å². The molecule has 3 N–H and O–H groups in total. The number of aromatic nitrogens is 1. The van der Waals surface area contributed by atoms with E-state index in [-0.39, 0.29) is 4.90 Å². The number of anilines is 2. The molecule has 0 amide bonds. The number of hydrogen-bond acceptors (Lipinski definition) is 4. The Morgan fingerprint density at radius 1 is 1.06 bits per heavy atom. The summed E-state index contributed by atoms with van der Waals surface area (Å²) in [7, 11) is -3.68. The standard InChI is InChI=1S/C11H11N3O2S/c12-17(15,16)10-6-7-11(13-8-10)14-9-4-2-1-3-5-9/h1-8H,(H,13,14)(H2,12,15,16). The number of primary sulfonamides is 1. The molecule has 2 aromatic rings. The van der Waals surface area contributed by atoms with Crippen molar-refractivity contribution in [3.05, 3.63) is 48.7 Å². The molecule has 0 radical (unpaired) electrons. The fourth-order valence-corrected chi connectivity index (χ4v) is 1.75. The molecule has 0 atom stereocenters. The number of rotatable bonds is 3. The van der Waals surface area contributed by atoms with Gasteiger partial charge in [0.05, 0.1) is 0 Å². The molecule has 0 aliphatic rings. The van der Waals surface area contributed by atoms with E-state index in [2.05, 4.69) is 10.3 Å². The van der Waals surface area contributed by atoms with Crippen molar-refractivity contribution < 1.29 is 8.42 Å². The normalized spacial score (nSPS) is 11.1. The molecule has 0 saturated heterocycles. The molecule has 6 heteroatoms. The smallest absolute Gasteiger partial charge is 0.239 e. The van der Waals surface area contributed by atoms with Crippen LogP contribution in [0.15, 0.2) is 53.6 Å². The first-order valence-electron chi connectivity index (χ1n) is 4.87. The second-order valence-corrected chi connectivity index (χ2v) is 4.98. The third-order valence-electron chi connectivity index (χ3n) is 2.11. The van der Waals surface area contributed by atoms with Gasteiger partial charge in [-0.1, -0.05) is 18.2 Å². The van der Waals surface area contributed by atoms with Crippen molar-refractivity contribution >= 4 is 21.5 Å². The van der Waals surface area contributed by atoms with Crippen LogP contribution in [0.2, 0.25) is 0 Å². The zero-order chi connectivity index (χ0) is 12.3. The predicted octanol–water partition coefficient (Wildman–Crippen LogP) is 1.47. The summed E-state index contributed by atoms with van der Waals surface area (Å²) in [5.74, 6) is 0.559. The fourth-order valence-electron chi connectivity index (χ4n) is 1.29. The molecule has 5 nitrogen and oxygen atoms in total. The Kier molecular flexibility index (Phi) is 3.08. The summed E-state index contributed by atoms with van der Waals surface area (Å²) in [6.07, 6.45) is 1.22. The SMILES string of the molecule is NS(=O)(=O)c1ccc(Nc2ccccc2)nc1. The third-order valence-corrected chi connectivity index (χ3v) is 3.01. The van der Waals surface area contributed by atoms with Crippen LogP contribution < -0.4 is 10.5 Å². The van der Waals surface area contributed by atoms with Crippen LogP contribution in [0.3, 0.4) is 0 Å². The first kappa shape index (κ1) is 11.6. The van der Waals surface area contributed by atoms with E-state index in [9.17, 15) is 8.42 Å². The lowest BCUT2D eigenvalue weighted by Crippen LogP contribution is -2.12. The van der Waals surface area contributed by atoms with Crippen LogP contribution in [-0.4, -0.2) is 13.4 Å². The van der Waals surface area contributed by atoms with E-state index in [4.69, 9.17) is 5.14 Å². The molecule has 88 valence electrons. The van der Waals surface area contributed by atoms with Gasteiger partial charge in [0.2, 0.25) is 10.0 Å². The van der Waals surface area contributed by atoms with Gasteiger partial charge in [0.1, 0.15) is 10.7 Å². The first-order chi connectivity index (χ1) is 8.05. The van der Waals surface area contributed by atoms with Crippen molar-refractivity contribution in [2.45, 2.75) is 4.90 Å². The highest BCUT2D eigenvalue weighted by molar-refractivity contribution is 7.89. The number of pyridine rings is 1. The van der Waals surface area contributed by atoms with Crippen LogP contribution >= 0.6 is 0 Å². The molecule has 17 heavy (non-hydrogen) atoms. The molecule has 1 aromatic heterocycles. The average molecular weight is 249 g/mol. The van der Waals surface area contributed by atoms with E-state index >= 15 is 0 Å². The number of nitrogens with two attached hydrogens (primary N) is 1. The maximum atomic E-state index is 11.0. The van der Waals surface area contributed by atoms with Crippen LogP contribution in [0.25, 0.3) is 0 Å². The van der Waals surface area contributed by atoms with Crippen molar-refractivity contribution in [1.29, 1.82) is 0 Å². The minimum Gasteiger partial charge on any atom is -0.340 e. The van der Waals surface area contributed by atoms with Crippen LogP contribution in [0.4, 0.5) is 11.5 Å². The van der Waals surface area contributed by atoms with Gasteiger partial charge in [0, 0.05) is 11.9 Å². The molecular weight excluding hydrogens is 238 g/mol. The van der Waals surface area contributed by atoms with E-state index in [0.29, 0.717) is 5.82 Å². The van der Waals surface area contributed by atoms with Gasteiger partial charge >= 0.3 is 0 Å². The summed E-state index contributed by atoms with van der Waals surface area (Å²) in [4.78, 5) is 3.97. The Labute approximate surface area is 99.4 Å². The molecule has 0 saturated carbocycles. The number of nitrogens with zero attached hydrogens (tertiary/aromatic N) is 1. The Hall–Kier alpha value is -1.92. The Morgan fingerprint density at radius 2 is 1.76 bits per heavy atom. The predicted molar refractivity (Wildman–Crippen MR) is 65.3 cm³/mol. The van der Waals surface area contributed by atoms with Gasteiger partial charge in [-0.05, 0) is 24.3 Å². The van der Waals surface area contributed by atoms with Gasteiger partial charge in [0.15, 0.2) is 0 Å². The van der Waals surface area contributed by atoms with Gasteiger partial charge in [-0.25, -0.2) is 18.5 Å². The summed E-state index contributed by atoms with van der Waals surface area (Å²) in [5.41, 5.74) is 0.878. The van der Waals surface area contributed by atoms with Gasteiger partial charge in [-0.2, -0.15) is 0 Å². The van der Waals surface area contributed by atoms with Crippen molar-refractivity contribution in [1.82, 2.24) is 4.98 Å². The molecule has 0 unspecified atom stereocenters. The van der Waals surface area contributed by atoms with Gasteiger partial charge in [0.25, 0.3) is 0 Å². The maximum Gasteiger partial charge on any atom is 0.239 e. The van der Waals surface area contributed by atoms with Crippen molar-refractivity contribution in [3.8, 4) is 0 Å². The third kappa shape index (κ3) is 3.02. The monoisotopic (exact) mass is 249 g/mol. The molecule has 1 aromatic carbocycles. The van der Waals surface area contributed by atoms with Crippen molar-refractivity contribution in [2.75, 3.05) is 5.32 Å². The molecule has 2 rings (SSSR count). The highest BCUT2D eigenvalue weighted by atomic mass is 32.2. The van der Waals surface area contributed by atoms with E-state index in [1.807, 2.05) is 30.3 Å². The molecule has 0 aliphatic heterocycles. The summed E-state index contributed by atoms with van der Waals surface area (Å²) >= 11 is 0. The topological polar surface area (TPSA) is 85.1 Å². The lowest BCUT2D eigenvalue weighted by atomic mass is 10.3. The zero-order valence-corrected chi connectivity index (χ0v) is 9.68. The fraction of sp³-hybridized carbons (Fsp3) is 0. The van der Waals surface area contributed by atoms with Gasteiger partial charge < -0.3 is 5.32 Å². The summed E-state index contributed by atoms with van der Waals surface area (Å²) in [5, 5.41) is 8.01. The number of nitrogens with one attached hydrogen (secondary N) is 1. The number of sulfonamides is 1. The van der Waals surface area contributed by atoms with E-state index < -0.39 is 10.0 Å². The van der Waals surface area contributed by atoms with Crippen LogP contribution in [0.1, 0.15) is 0 Å². The summed E-state index contributed by atoms with van der Waals surface area (Å²) in [6, 6.07) is 12.4. The number of hydrogen-bond donors (Lipinski definition) is 2. The van der Waals surface area contributed by atoms with Crippen LogP contribution in [-0.2, 0) is 10.0 Å². The first-order valence-corrected chi connectivity index (χ1v) is 6.41. The van der Waals surface area contributed by atoms with Gasteiger partial charge in [-0.3, -0.25) is 0 Å². The maximum absolute atomic E-state index is 11.0.